The van der Waals surface area contributed by atoms with E-state index in [4.69, 9.17) is 19.6 Å². The van der Waals surface area contributed by atoms with Crippen molar-refractivity contribution >= 4 is 0 Å². The van der Waals surface area contributed by atoms with Crippen molar-refractivity contribution in [3.05, 3.63) is 59.9 Å². The molecule has 0 spiro atoms. The number of hydrogen-bond donors (Lipinski definition) is 1. The Morgan fingerprint density at radius 2 is 1.82 bits per heavy atom. The fourth-order valence-electron chi connectivity index (χ4n) is 4.01. The van der Waals surface area contributed by atoms with E-state index in [1.807, 2.05) is 27.7 Å². The molecule has 4 rings (SSSR count). The standard InChI is InChI=1S/C24H32N8O2/c1-5-7-8-21-25-23(24(33-3,34-4)14-6-2)28-32(21)16-18-9-11-20(12-10-18)31-15-13-19(17-31)22-26-29-30-27-22/h9-13,15,17H,5-8,14,16H2,1-4H3,(H,26,27,29,30). The first-order chi connectivity index (χ1) is 16.6. The molecular weight excluding hydrogens is 432 g/mol. The molecule has 1 aromatic carbocycles. The fraction of sp³-hybridized carbons (Fsp3) is 0.458. The average molecular weight is 465 g/mol. The summed E-state index contributed by atoms with van der Waals surface area (Å²) in [6.45, 7) is 4.90. The smallest absolute Gasteiger partial charge is 0.231 e. The molecule has 0 saturated carbocycles. The summed E-state index contributed by atoms with van der Waals surface area (Å²) in [6.07, 6.45) is 8.55. The van der Waals surface area contributed by atoms with Crippen molar-refractivity contribution < 1.29 is 9.47 Å². The molecule has 3 heterocycles. The van der Waals surface area contributed by atoms with Crippen molar-refractivity contribution in [1.29, 1.82) is 0 Å². The highest BCUT2D eigenvalue weighted by Gasteiger charge is 2.36. The van der Waals surface area contributed by atoms with Crippen LogP contribution in [0.2, 0.25) is 0 Å². The molecular formula is C24H32N8O2. The summed E-state index contributed by atoms with van der Waals surface area (Å²) in [5.74, 6) is 1.19. The van der Waals surface area contributed by atoms with Crippen LogP contribution < -0.4 is 0 Å². The molecule has 0 atom stereocenters. The van der Waals surface area contributed by atoms with Crippen LogP contribution in [0, 0.1) is 0 Å². The number of hydrogen-bond acceptors (Lipinski definition) is 7. The molecule has 0 bridgehead atoms. The van der Waals surface area contributed by atoms with Gasteiger partial charge in [-0.1, -0.05) is 38.8 Å². The van der Waals surface area contributed by atoms with E-state index in [9.17, 15) is 0 Å². The first-order valence-electron chi connectivity index (χ1n) is 11.7. The number of H-pyrrole nitrogens is 1. The SMILES string of the molecule is CCCCc1nc(C(CCC)(OC)OC)nn1Cc1ccc(-n2ccc(-c3nn[nH]n3)c2)cc1. The van der Waals surface area contributed by atoms with Crippen LogP contribution in [0.5, 0.6) is 0 Å². The summed E-state index contributed by atoms with van der Waals surface area (Å²) in [5, 5.41) is 19.0. The number of methoxy groups -OCH3 is 2. The zero-order valence-electron chi connectivity index (χ0n) is 20.2. The van der Waals surface area contributed by atoms with Crippen LogP contribution in [0.1, 0.15) is 56.7 Å². The van der Waals surface area contributed by atoms with E-state index >= 15 is 0 Å². The van der Waals surface area contributed by atoms with Crippen molar-refractivity contribution in [3.8, 4) is 17.1 Å². The average Bonchev–Trinajstić information content (AvgIpc) is 3.63. The lowest BCUT2D eigenvalue weighted by Crippen LogP contribution is -2.32. The quantitative estimate of drug-likeness (QED) is 0.317. The van der Waals surface area contributed by atoms with Crippen LogP contribution >= 0.6 is 0 Å². The Morgan fingerprint density at radius 3 is 2.47 bits per heavy atom. The minimum absolute atomic E-state index is 0.572. The Bertz CT molecular complexity index is 1160. The summed E-state index contributed by atoms with van der Waals surface area (Å²) in [5.41, 5.74) is 3.09. The maximum absolute atomic E-state index is 5.75. The molecule has 10 heteroatoms. The van der Waals surface area contributed by atoms with Gasteiger partial charge in [-0.25, -0.2) is 9.67 Å². The molecule has 0 aliphatic carbocycles. The summed E-state index contributed by atoms with van der Waals surface area (Å²) >= 11 is 0. The number of aromatic amines is 1. The number of tetrazole rings is 1. The van der Waals surface area contributed by atoms with Gasteiger partial charge in [0, 0.05) is 50.7 Å². The molecule has 0 unspecified atom stereocenters. The van der Waals surface area contributed by atoms with E-state index < -0.39 is 5.79 Å². The summed E-state index contributed by atoms with van der Waals surface area (Å²) < 4.78 is 15.5. The summed E-state index contributed by atoms with van der Waals surface area (Å²) in [6, 6.07) is 10.4. The zero-order valence-corrected chi connectivity index (χ0v) is 20.2. The number of aromatic nitrogens is 8. The molecule has 4 aromatic rings. The topological polar surface area (TPSA) is 109 Å². The van der Waals surface area contributed by atoms with Crippen molar-refractivity contribution in [1.82, 2.24) is 40.0 Å². The van der Waals surface area contributed by atoms with Gasteiger partial charge in [-0.3, -0.25) is 0 Å². The second-order valence-corrected chi connectivity index (χ2v) is 8.23. The van der Waals surface area contributed by atoms with E-state index in [0.29, 0.717) is 24.6 Å². The number of ether oxygens (including phenoxy) is 2. The molecule has 34 heavy (non-hydrogen) atoms. The third-order valence-electron chi connectivity index (χ3n) is 5.94. The first-order valence-corrected chi connectivity index (χ1v) is 11.7. The van der Waals surface area contributed by atoms with Gasteiger partial charge >= 0.3 is 0 Å². The third kappa shape index (κ3) is 4.92. The monoisotopic (exact) mass is 464 g/mol. The summed E-state index contributed by atoms with van der Waals surface area (Å²) in [4.78, 5) is 4.85. The Hall–Kier alpha value is -3.37. The molecule has 1 N–H and O–H groups in total. The van der Waals surface area contributed by atoms with Crippen LogP contribution in [0.15, 0.2) is 42.7 Å². The Balaban J connectivity index is 1.56. The van der Waals surface area contributed by atoms with Crippen molar-refractivity contribution in [2.75, 3.05) is 14.2 Å². The van der Waals surface area contributed by atoms with E-state index in [1.54, 1.807) is 14.2 Å². The predicted molar refractivity (Wildman–Crippen MR) is 127 cm³/mol. The molecule has 0 aliphatic heterocycles. The Kier molecular flexibility index (Phi) is 7.49. The largest absolute Gasteiger partial charge is 0.347 e. The molecule has 0 amide bonds. The molecule has 0 saturated heterocycles. The second kappa shape index (κ2) is 10.7. The molecule has 0 aliphatic rings. The minimum Gasteiger partial charge on any atom is -0.347 e. The van der Waals surface area contributed by atoms with Crippen LogP contribution in [-0.4, -0.2) is 54.2 Å². The maximum atomic E-state index is 5.75. The van der Waals surface area contributed by atoms with Crippen molar-refractivity contribution in [2.45, 2.75) is 58.3 Å². The molecule has 0 fully saturated rings. The highest BCUT2D eigenvalue weighted by Crippen LogP contribution is 2.29. The van der Waals surface area contributed by atoms with Gasteiger partial charge in [0.1, 0.15) is 5.82 Å². The number of unbranched alkanes of at least 4 members (excludes halogenated alkanes) is 1. The second-order valence-electron chi connectivity index (χ2n) is 8.23. The van der Waals surface area contributed by atoms with Crippen LogP contribution in [0.25, 0.3) is 17.1 Å². The van der Waals surface area contributed by atoms with Gasteiger partial charge in [0.15, 0.2) is 0 Å². The van der Waals surface area contributed by atoms with Crippen molar-refractivity contribution in [2.24, 2.45) is 0 Å². The van der Waals surface area contributed by atoms with Gasteiger partial charge in [0.05, 0.1) is 6.54 Å². The van der Waals surface area contributed by atoms with Crippen LogP contribution in [0.4, 0.5) is 0 Å². The highest BCUT2D eigenvalue weighted by atomic mass is 16.7. The van der Waals surface area contributed by atoms with E-state index in [1.165, 1.54) is 0 Å². The van der Waals surface area contributed by atoms with E-state index in [2.05, 4.69) is 58.7 Å². The number of benzene rings is 1. The molecule has 10 nitrogen and oxygen atoms in total. The van der Waals surface area contributed by atoms with Crippen LogP contribution in [0.3, 0.4) is 0 Å². The molecule has 180 valence electrons. The number of nitrogens with one attached hydrogen (secondary N) is 1. The van der Waals surface area contributed by atoms with Gasteiger partial charge in [-0.15, -0.1) is 15.3 Å². The number of rotatable bonds is 12. The number of aryl methyl sites for hydroxylation is 1. The van der Waals surface area contributed by atoms with Crippen LogP contribution in [-0.2, 0) is 28.2 Å². The lowest BCUT2D eigenvalue weighted by molar-refractivity contribution is -0.225. The van der Waals surface area contributed by atoms with Gasteiger partial charge in [-0.05, 0) is 35.4 Å². The highest BCUT2D eigenvalue weighted by molar-refractivity contribution is 5.54. The zero-order chi connectivity index (χ0) is 24.0. The predicted octanol–water partition coefficient (Wildman–Crippen LogP) is 3.89. The van der Waals surface area contributed by atoms with Gasteiger partial charge < -0.3 is 14.0 Å². The van der Waals surface area contributed by atoms with Gasteiger partial charge in [-0.2, -0.15) is 5.21 Å². The third-order valence-corrected chi connectivity index (χ3v) is 5.94. The lowest BCUT2D eigenvalue weighted by Gasteiger charge is -2.27. The normalized spacial score (nSPS) is 11.9. The summed E-state index contributed by atoms with van der Waals surface area (Å²) in [7, 11) is 3.30. The molecule has 3 aromatic heterocycles. The van der Waals surface area contributed by atoms with Gasteiger partial charge in [0.25, 0.3) is 0 Å². The fourth-order valence-corrected chi connectivity index (χ4v) is 4.01. The van der Waals surface area contributed by atoms with Crippen molar-refractivity contribution in [3.63, 3.8) is 0 Å². The maximum Gasteiger partial charge on any atom is 0.231 e. The Labute approximate surface area is 199 Å². The lowest BCUT2D eigenvalue weighted by atomic mass is 10.1. The van der Waals surface area contributed by atoms with E-state index in [0.717, 1.165) is 48.3 Å². The van der Waals surface area contributed by atoms with Gasteiger partial charge in [0.2, 0.25) is 17.4 Å². The number of nitrogens with zero attached hydrogens (tertiary/aromatic N) is 7. The molecule has 0 radical (unpaired) electrons. The first kappa shape index (κ1) is 23.8. The van der Waals surface area contributed by atoms with E-state index in [-0.39, 0.29) is 0 Å². The minimum atomic E-state index is -0.921. The Morgan fingerprint density at radius 1 is 1.03 bits per heavy atom.